The van der Waals surface area contributed by atoms with Gasteiger partial charge >= 0.3 is 5.69 Å². The Balaban J connectivity index is 1.78. The van der Waals surface area contributed by atoms with E-state index in [1.54, 1.807) is 10.6 Å². The zero-order valence-corrected chi connectivity index (χ0v) is 14.0. The number of benzene rings is 1. The highest BCUT2D eigenvalue weighted by Crippen LogP contribution is 2.27. The van der Waals surface area contributed by atoms with Crippen LogP contribution >= 0.6 is 11.6 Å². The third-order valence-corrected chi connectivity index (χ3v) is 4.32. The quantitative estimate of drug-likeness (QED) is 0.936. The van der Waals surface area contributed by atoms with Crippen molar-refractivity contribution < 1.29 is 4.79 Å². The van der Waals surface area contributed by atoms with Crippen molar-refractivity contribution in [3.8, 4) is 0 Å². The molecule has 0 aliphatic carbocycles. The molecule has 0 spiro atoms. The summed E-state index contributed by atoms with van der Waals surface area (Å²) in [6.07, 6.45) is 2.79. The molecule has 23 heavy (non-hydrogen) atoms. The molecule has 0 unspecified atom stereocenters. The number of aromatic nitrogens is 3. The Labute approximate surface area is 139 Å². The molecule has 6 nitrogen and oxygen atoms in total. The van der Waals surface area contributed by atoms with Gasteiger partial charge in [0, 0.05) is 13.0 Å². The van der Waals surface area contributed by atoms with Gasteiger partial charge in [0.2, 0.25) is 5.91 Å². The van der Waals surface area contributed by atoms with Crippen LogP contribution in [-0.4, -0.2) is 20.3 Å². The molecule has 0 atom stereocenters. The SMILES string of the molecule is Cc1cc(C)c(NC(=O)Cn2nc3n(c2=O)CCCC3)c(Cl)c1. The Morgan fingerprint density at radius 2 is 2.13 bits per heavy atom. The number of nitrogens with zero attached hydrogens (tertiary/aromatic N) is 3. The van der Waals surface area contributed by atoms with Crippen LogP contribution in [0.15, 0.2) is 16.9 Å². The maximum Gasteiger partial charge on any atom is 0.346 e. The molecule has 122 valence electrons. The van der Waals surface area contributed by atoms with E-state index in [2.05, 4.69) is 10.4 Å². The predicted octanol–water partition coefficient (Wildman–Crippen LogP) is 2.29. The summed E-state index contributed by atoms with van der Waals surface area (Å²) in [7, 11) is 0. The summed E-state index contributed by atoms with van der Waals surface area (Å²) in [6, 6.07) is 3.74. The van der Waals surface area contributed by atoms with E-state index in [4.69, 9.17) is 11.6 Å². The van der Waals surface area contributed by atoms with Crippen LogP contribution in [0.25, 0.3) is 0 Å². The van der Waals surface area contributed by atoms with Gasteiger partial charge in [0.25, 0.3) is 0 Å². The van der Waals surface area contributed by atoms with Crippen LogP contribution in [0.4, 0.5) is 5.69 Å². The van der Waals surface area contributed by atoms with Gasteiger partial charge in [-0.25, -0.2) is 9.48 Å². The molecule has 1 aliphatic rings. The van der Waals surface area contributed by atoms with Gasteiger partial charge < -0.3 is 5.32 Å². The van der Waals surface area contributed by atoms with Crippen molar-refractivity contribution in [3.63, 3.8) is 0 Å². The number of carbonyl (C=O) groups excluding carboxylic acids is 1. The first-order valence-corrected chi connectivity index (χ1v) is 8.06. The fourth-order valence-corrected chi connectivity index (χ4v) is 3.31. The van der Waals surface area contributed by atoms with Crippen molar-refractivity contribution in [2.45, 2.75) is 46.2 Å². The Bertz CT molecular complexity index is 799. The topological polar surface area (TPSA) is 68.9 Å². The van der Waals surface area contributed by atoms with E-state index in [1.807, 2.05) is 19.9 Å². The first kappa shape index (κ1) is 15.8. The molecule has 3 rings (SSSR count). The van der Waals surface area contributed by atoms with Crippen LogP contribution < -0.4 is 11.0 Å². The van der Waals surface area contributed by atoms with Crippen LogP contribution in [0.3, 0.4) is 0 Å². The van der Waals surface area contributed by atoms with E-state index in [0.717, 1.165) is 36.2 Å². The van der Waals surface area contributed by atoms with Gasteiger partial charge in [-0.05, 0) is 43.9 Å². The monoisotopic (exact) mass is 334 g/mol. The van der Waals surface area contributed by atoms with Gasteiger partial charge in [-0.2, -0.15) is 5.10 Å². The molecular weight excluding hydrogens is 316 g/mol. The molecule has 0 bridgehead atoms. The minimum atomic E-state index is -0.309. The first-order valence-electron chi connectivity index (χ1n) is 7.69. The average molecular weight is 335 g/mol. The Morgan fingerprint density at radius 1 is 1.35 bits per heavy atom. The summed E-state index contributed by atoms with van der Waals surface area (Å²) in [5.41, 5.74) is 2.28. The lowest BCUT2D eigenvalue weighted by molar-refractivity contribution is -0.117. The standard InChI is InChI=1S/C16H19ClN4O2/c1-10-7-11(2)15(12(17)8-10)18-14(22)9-21-16(23)20-6-4-3-5-13(20)19-21/h7-8H,3-6,9H2,1-2H3,(H,18,22). The van der Waals surface area contributed by atoms with Crippen LogP contribution in [0.1, 0.15) is 29.8 Å². The molecule has 2 heterocycles. The molecule has 0 saturated carbocycles. The van der Waals surface area contributed by atoms with Gasteiger partial charge in [-0.15, -0.1) is 0 Å². The summed E-state index contributed by atoms with van der Waals surface area (Å²) < 4.78 is 2.88. The van der Waals surface area contributed by atoms with E-state index < -0.39 is 0 Å². The maximum atomic E-state index is 12.3. The van der Waals surface area contributed by atoms with E-state index in [1.165, 1.54) is 4.68 Å². The highest BCUT2D eigenvalue weighted by Gasteiger charge is 2.18. The molecule has 2 aromatic rings. The third-order valence-electron chi connectivity index (χ3n) is 4.02. The summed E-state index contributed by atoms with van der Waals surface area (Å²) in [4.78, 5) is 24.5. The zero-order valence-electron chi connectivity index (χ0n) is 13.2. The van der Waals surface area contributed by atoms with Gasteiger partial charge in [-0.1, -0.05) is 17.7 Å². The third kappa shape index (κ3) is 3.17. The molecule has 1 aromatic heterocycles. The second-order valence-corrected chi connectivity index (χ2v) is 6.36. The van der Waals surface area contributed by atoms with Crippen molar-refractivity contribution in [2.24, 2.45) is 0 Å². The summed E-state index contributed by atoms with van der Waals surface area (Å²) >= 11 is 6.19. The van der Waals surface area contributed by atoms with Crippen molar-refractivity contribution in [2.75, 3.05) is 5.32 Å². The molecule has 1 aromatic carbocycles. The van der Waals surface area contributed by atoms with Crippen molar-refractivity contribution in [3.05, 3.63) is 44.6 Å². The number of hydrogen-bond acceptors (Lipinski definition) is 3. The molecule has 1 amide bonds. The number of nitrogens with one attached hydrogen (secondary N) is 1. The lowest BCUT2D eigenvalue weighted by Crippen LogP contribution is -2.31. The smallest absolute Gasteiger partial charge is 0.323 e. The first-order chi connectivity index (χ1) is 11.0. The number of halogens is 1. The Morgan fingerprint density at radius 3 is 2.83 bits per heavy atom. The minimum absolute atomic E-state index is 0.109. The van der Waals surface area contributed by atoms with E-state index in [0.29, 0.717) is 17.3 Å². The number of fused-ring (bicyclic) bond motifs is 1. The van der Waals surface area contributed by atoms with Gasteiger partial charge in [0.15, 0.2) is 0 Å². The Hall–Kier alpha value is -2.08. The molecule has 0 radical (unpaired) electrons. The van der Waals surface area contributed by atoms with E-state index in [-0.39, 0.29) is 18.1 Å². The molecule has 7 heteroatoms. The zero-order chi connectivity index (χ0) is 16.6. The highest BCUT2D eigenvalue weighted by molar-refractivity contribution is 6.34. The lowest BCUT2D eigenvalue weighted by Gasteiger charge is -2.11. The summed E-state index contributed by atoms with van der Waals surface area (Å²) in [5, 5.41) is 7.54. The minimum Gasteiger partial charge on any atom is -0.323 e. The fraction of sp³-hybridized carbons (Fsp3) is 0.438. The summed E-state index contributed by atoms with van der Waals surface area (Å²) in [5.74, 6) is 0.454. The van der Waals surface area contributed by atoms with Crippen LogP contribution in [0.5, 0.6) is 0 Å². The number of aryl methyl sites for hydroxylation is 3. The fourth-order valence-electron chi connectivity index (χ4n) is 2.94. The molecule has 1 N–H and O–H groups in total. The molecule has 0 saturated heterocycles. The largest absolute Gasteiger partial charge is 0.346 e. The normalized spacial score (nSPS) is 13.7. The van der Waals surface area contributed by atoms with Crippen LogP contribution in [0, 0.1) is 13.8 Å². The van der Waals surface area contributed by atoms with Gasteiger partial charge in [0.05, 0.1) is 10.7 Å². The van der Waals surface area contributed by atoms with Gasteiger partial charge in [-0.3, -0.25) is 9.36 Å². The highest BCUT2D eigenvalue weighted by atomic mass is 35.5. The van der Waals surface area contributed by atoms with Crippen molar-refractivity contribution in [1.29, 1.82) is 0 Å². The predicted molar refractivity (Wildman–Crippen MR) is 89.0 cm³/mol. The van der Waals surface area contributed by atoms with Crippen molar-refractivity contribution in [1.82, 2.24) is 14.3 Å². The van der Waals surface area contributed by atoms with E-state index >= 15 is 0 Å². The number of amides is 1. The summed E-state index contributed by atoms with van der Waals surface area (Å²) in [6.45, 7) is 4.40. The van der Waals surface area contributed by atoms with Crippen molar-refractivity contribution >= 4 is 23.2 Å². The number of anilines is 1. The number of hydrogen-bond donors (Lipinski definition) is 1. The maximum absolute atomic E-state index is 12.3. The lowest BCUT2D eigenvalue weighted by atomic mass is 10.1. The second kappa shape index (κ2) is 6.20. The van der Waals surface area contributed by atoms with Crippen LogP contribution in [0.2, 0.25) is 5.02 Å². The number of rotatable bonds is 3. The van der Waals surface area contributed by atoms with Crippen LogP contribution in [-0.2, 0) is 24.3 Å². The molecule has 0 fully saturated rings. The second-order valence-electron chi connectivity index (χ2n) is 5.95. The molecule has 1 aliphatic heterocycles. The number of carbonyl (C=O) groups is 1. The van der Waals surface area contributed by atoms with Gasteiger partial charge in [0.1, 0.15) is 12.4 Å². The average Bonchev–Trinajstić information content (AvgIpc) is 2.80. The molecular formula is C16H19ClN4O2. The Kier molecular flexibility index (Phi) is 4.26. The van der Waals surface area contributed by atoms with E-state index in [9.17, 15) is 9.59 Å².